The maximum atomic E-state index is 5.48. The molecule has 4 heteroatoms. The van der Waals surface area contributed by atoms with Gasteiger partial charge in [-0.3, -0.25) is 9.88 Å². The van der Waals surface area contributed by atoms with Crippen LogP contribution in [0.25, 0.3) is 0 Å². The van der Waals surface area contributed by atoms with Crippen LogP contribution in [0.15, 0.2) is 73.1 Å². The Kier molecular flexibility index (Phi) is 7.04. The van der Waals surface area contributed by atoms with E-state index in [0.717, 1.165) is 31.1 Å². The van der Waals surface area contributed by atoms with E-state index in [4.69, 9.17) is 9.47 Å². The third-order valence-corrected chi connectivity index (χ3v) is 4.91. The Balaban J connectivity index is 1.79. The van der Waals surface area contributed by atoms with Gasteiger partial charge in [-0.2, -0.15) is 0 Å². The lowest BCUT2D eigenvalue weighted by Crippen LogP contribution is -2.27. The first-order valence-corrected chi connectivity index (χ1v) is 9.56. The fourth-order valence-electron chi connectivity index (χ4n) is 3.44. The van der Waals surface area contributed by atoms with E-state index in [1.807, 2.05) is 18.5 Å². The molecule has 3 rings (SSSR count). The molecule has 1 heterocycles. The van der Waals surface area contributed by atoms with Gasteiger partial charge in [-0.05, 0) is 46.9 Å². The predicted octanol–water partition coefficient (Wildman–Crippen LogP) is 4.90. The number of ether oxygens (including phenoxy) is 2. The fourth-order valence-corrected chi connectivity index (χ4v) is 3.44. The van der Waals surface area contributed by atoms with E-state index in [-0.39, 0.29) is 0 Å². The van der Waals surface area contributed by atoms with Gasteiger partial charge in [0.25, 0.3) is 0 Å². The Morgan fingerprint density at radius 2 is 1.50 bits per heavy atom. The van der Waals surface area contributed by atoms with Crippen molar-refractivity contribution in [3.63, 3.8) is 0 Å². The van der Waals surface area contributed by atoms with Crippen molar-refractivity contribution in [3.05, 3.63) is 89.7 Å². The molecule has 0 saturated carbocycles. The van der Waals surface area contributed by atoms with Gasteiger partial charge in [-0.1, -0.05) is 43.3 Å². The molecule has 1 atom stereocenters. The fraction of sp³-hybridized carbons (Fsp3) is 0.292. The van der Waals surface area contributed by atoms with Gasteiger partial charge in [0.05, 0.1) is 14.2 Å². The second-order valence-corrected chi connectivity index (χ2v) is 7.03. The van der Waals surface area contributed by atoms with Crippen molar-refractivity contribution >= 4 is 0 Å². The van der Waals surface area contributed by atoms with Crippen LogP contribution in [0.2, 0.25) is 0 Å². The Labute approximate surface area is 167 Å². The lowest BCUT2D eigenvalue weighted by molar-refractivity contribution is 0.243. The zero-order chi connectivity index (χ0) is 19.8. The summed E-state index contributed by atoms with van der Waals surface area (Å²) >= 11 is 0. The van der Waals surface area contributed by atoms with Crippen molar-refractivity contribution in [1.82, 2.24) is 9.88 Å². The molecule has 0 spiro atoms. The molecule has 4 nitrogen and oxygen atoms in total. The number of benzene rings is 2. The molecule has 0 fully saturated rings. The molecular weight excluding hydrogens is 348 g/mol. The zero-order valence-electron chi connectivity index (χ0n) is 16.8. The first-order valence-electron chi connectivity index (χ1n) is 9.56. The molecule has 1 aromatic heterocycles. The molecule has 0 bridgehead atoms. The van der Waals surface area contributed by atoms with E-state index in [1.165, 1.54) is 16.7 Å². The number of hydrogen-bond donors (Lipinski definition) is 0. The standard InChI is InChI=1S/C24H28N2O2/c1-19(22-7-5-4-6-8-22)16-26(17-20-11-13-25-14-12-20)18-21-9-10-23(27-2)24(15-21)28-3/h4-15,19H,16-18H2,1-3H3/t19-/m0/s1. The Morgan fingerprint density at radius 1 is 0.821 bits per heavy atom. The summed E-state index contributed by atoms with van der Waals surface area (Å²) in [4.78, 5) is 6.60. The quantitative estimate of drug-likeness (QED) is 0.532. The van der Waals surface area contributed by atoms with Crippen molar-refractivity contribution in [2.75, 3.05) is 20.8 Å². The van der Waals surface area contributed by atoms with Crippen molar-refractivity contribution in [2.24, 2.45) is 0 Å². The van der Waals surface area contributed by atoms with Gasteiger partial charge in [-0.15, -0.1) is 0 Å². The monoisotopic (exact) mass is 376 g/mol. The summed E-state index contributed by atoms with van der Waals surface area (Å²) in [7, 11) is 3.34. The van der Waals surface area contributed by atoms with Crippen LogP contribution in [-0.2, 0) is 13.1 Å². The smallest absolute Gasteiger partial charge is 0.161 e. The average molecular weight is 377 g/mol. The van der Waals surface area contributed by atoms with Gasteiger partial charge in [-0.25, -0.2) is 0 Å². The van der Waals surface area contributed by atoms with Crippen molar-refractivity contribution in [1.29, 1.82) is 0 Å². The van der Waals surface area contributed by atoms with Crippen LogP contribution in [0, 0.1) is 0 Å². The van der Waals surface area contributed by atoms with Crippen LogP contribution in [0.4, 0.5) is 0 Å². The first-order chi connectivity index (χ1) is 13.7. The number of nitrogens with zero attached hydrogens (tertiary/aromatic N) is 2. The van der Waals surface area contributed by atoms with Gasteiger partial charge in [0.2, 0.25) is 0 Å². The summed E-state index contributed by atoms with van der Waals surface area (Å²) in [6, 6.07) is 21.0. The molecule has 146 valence electrons. The zero-order valence-corrected chi connectivity index (χ0v) is 16.8. The summed E-state index contributed by atoms with van der Waals surface area (Å²) in [5.74, 6) is 1.95. The minimum atomic E-state index is 0.434. The van der Waals surface area contributed by atoms with Crippen LogP contribution in [0.1, 0.15) is 29.5 Å². The normalized spacial score (nSPS) is 12.0. The maximum absolute atomic E-state index is 5.48. The number of hydrogen-bond acceptors (Lipinski definition) is 4. The Bertz CT molecular complexity index is 853. The first kappa shape index (κ1) is 19.9. The summed E-state index contributed by atoms with van der Waals surface area (Å²) in [5.41, 5.74) is 3.82. The summed E-state index contributed by atoms with van der Waals surface area (Å²) in [6.45, 7) is 4.94. The highest BCUT2D eigenvalue weighted by molar-refractivity contribution is 5.42. The average Bonchev–Trinajstić information content (AvgIpc) is 2.75. The highest BCUT2D eigenvalue weighted by Crippen LogP contribution is 2.28. The molecule has 28 heavy (non-hydrogen) atoms. The second-order valence-electron chi connectivity index (χ2n) is 7.03. The number of aromatic nitrogens is 1. The largest absolute Gasteiger partial charge is 0.493 e. The minimum absolute atomic E-state index is 0.434. The molecule has 3 aromatic rings. The molecule has 0 aliphatic heterocycles. The van der Waals surface area contributed by atoms with Gasteiger partial charge >= 0.3 is 0 Å². The molecule has 0 amide bonds. The SMILES string of the molecule is COc1ccc(CN(Cc2ccncc2)C[C@H](C)c2ccccc2)cc1OC. The molecule has 0 radical (unpaired) electrons. The molecule has 0 unspecified atom stereocenters. The van der Waals surface area contributed by atoms with E-state index in [0.29, 0.717) is 5.92 Å². The molecule has 2 aromatic carbocycles. The van der Waals surface area contributed by atoms with Crippen LogP contribution in [-0.4, -0.2) is 30.6 Å². The minimum Gasteiger partial charge on any atom is -0.493 e. The van der Waals surface area contributed by atoms with Crippen LogP contribution >= 0.6 is 0 Å². The highest BCUT2D eigenvalue weighted by atomic mass is 16.5. The highest BCUT2D eigenvalue weighted by Gasteiger charge is 2.14. The molecule has 0 aliphatic rings. The van der Waals surface area contributed by atoms with Gasteiger partial charge < -0.3 is 9.47 Å². The number of pyridine rings is 1. The maximum Gasteiger partial charge on any atom is 0.161 e. The van der Waals surface area contributed by atoms with E-state index in [9.17, 15) is 0 Å². The van der Waals surface area contributed by atoms with Gasteiger partial charge in [0.15, 0.2) is 11.5 Å². The second kappa shape index (κ2) is 9.90. The van der Waals surface area contributed by atoms with E-state index >= 15 is 0 Å². The topological polar surface area (TPSA) is 34.6 Å². The van der Waals surface area contributed by atoms with Crippen LogP contribution < -0.4 is 9.47 Å². The Morgan fingerprint density at radius 3 is 2.18 bits per heavy atom. The lowest BCUT2D eigenvalue weighted by Gasteiger charge is -2.26. The summed E-state index contributed by atoms with van der Waals surface area (Å²) < 4.78 is 10.8. The summed E-state index contributed by atoms with van der Waals surface area (Å²) in [6.07, 6.45) is 3.70. The number of rotatable bonds is 9. The lowest BCUT2D eigenvalue weighted by atomic mass is 10.00. The van der Waals surface area contributed by atoms with Crippen LogP contribution in [0.5, 0.6) is 11.5 Å². The molecule has 0 aliphatic carbocycles. The molecule has 0 saturated heterocycles. The van der Waals surface area contributed by atoms with Crippen LogP contribution in [0.3, 0.4) is 0 Å². The van der Waals surface area contributed by atoms with Gasteiger partial charge in [0, 0.05) is 32.0 Å². The molecule has 0 N–H and O–H groups in total. The third kappa shape index (κ3) is 5.33. The molecular formula is C24H28N2O2. The van der Waals surface area contributed by atoms with Crippen molar-refractivity contribution in [3.8, 4) is 11.5 Å². The predicted molar refractivity (Wildman–Crippen MR) is 113 cm³/mol. The Hall–Kier alpha value is -2.85. The summed E-state index contributed by atoms with van der Waals surface area (Å²) in [5, 5.41) is 0. The van der Waals surface area contributed by atoms with Gasteiger partial charge in [0.1, 0.15) is 0 Å². The van der Waals surface area contributed by atoms with E-state index < -0.39 is 0 Å². The van der Waals surface area contributed by atoms with E-state index in [1.54, 1.807) is 14.2 Å². The van der Waals surface area contributed by atoms with E-state index in [2.05, 4.69) is 71.4 Å². The number of methoxy groups -OCH3 is 2. The van der Waals surface area contributed by atoms with Crippen molar-refractivity contribution < 1.29 is 9.47 Å². The third-order valence-electron chi connectivity index (χ3n) is 4.91. The van der Waals surface area contributed by atoms with Crippen molar-refractivity contribution in [2.45, 2.75) is 25.9 Å².